The summed E-state index contributed by atoms with van der Waals surface area (Å²) in [5.41, 5.74) is 0. The fourth-order valence-electron chi connectivity index (χ4n) is 13.2. The standard InChI is InChI=1S/C89H163N5O22/c1-11-21-36-75(16-6)85(100)112-66-31-26-61-107-80(95)41-46-90(47-42-81(96)108-62-27-32-67-113-86(101)76(17-7)37-22-12-2)57-71-105-73-59-92(50-45-84(99)111-65-30-35-70-116-89(104)79(20-10)40-25-15-5)51-52-93-53-55-94(56-54-93)60-74-106-72-58-91(48-43-82(97)109-63-28-33-68-114-87(102)77(18-8)38-23-13-3)49-44-83(98)110-64-29-34-69-115-88(103)78(19-9)39-24-14-4/h75-79H,11-74H2,1-10H3. The van der Waals surface area contributed by atoms with Crippen molar-refractivity contribution in [2.24, 2.45) is 29.6 Å². The van der Waals surface area contributed by atoms with E-state index in [0.717, 1.165) is 168 Å². The van der Waals surface area contributed by atoms with Gasteiger partial charge in [0.05, 0.1) is 154 Å². The van der Waals surface area contributed by atoms with Gasteiger partial charge in [-0.25, -0.2) is 0 Å². The van der Waals surface area contributed by atoms with Gasteiger partial charge in [-0.05, 0) is 128 Å². The van der Waals surface area contributed by atoms with Crippen LogP contribution < -0.4 is 0 Å². The molecule has 0 radical (unpaired) electrons. The highest BCUT2D eigenvalue weighted by molar-refractivity contribution is 5.75. The summed E-state index contributed by atoms with van der Waals surface area (Å²) >= 11 is 0. The van der Waals surface area contributed by atoms with E-state index < -0.39 is 0 Å². The molecule has 676 valence electrons. The van der Waals surface area contributed by atoms with E-state index in [9.17, 15) is 47.9 Å². The van der Waals surface area contributed by atoms with Crippen LogP contribution in [0.3, 0.4) is 0 Å². The maximum absolute atomic E-state index is 13.2. The van der Waals surface area contributed by atoms with Gasteiger partial charge in [0.1, 0.15) is 0 Å². The first-order chi connectivity index (χ1) is 56.3. The van der Waals surface area contributed by atoms with Gasteiger partial charge in [0, 0.05) is 98.2 Å². The first-order valence-corrected chi connectivity index (χ1v) is 45.7. The van der Waals surface area contributed by atoms with Crippen molar-refractivity contribution >= 4 is 59.7 Å². The highest BCUT2D eigenvalue weighted by Crippen LogP contribution is 2.20. The Bertz CT molecular complexity index is 2400. The summed E-state index contributed by atoms with van der Waals surface area (Å²) in [7, 11) is 0. The summed E-state index contributed by atoms with van der Waals surface area (Å²) in [4.78, 5) is 139. The number of hydrogen-bond acceptors (Lipinski definition) is 27. The number of carbonyl (C=O) groups excluding carboxylic acids is 10. The summed E-state index contributed by atoms with van der Waals surface area (Å²) in [6, 6.07) is 0. The SMILES string of the molecule is CCCCC(CC)C(=O)OCCCCOC(=O)CCN(CCOCCN(CCC(=O)OCCCCOC(=O)C(CC)CCCC)CCN1CCN(CCOCCN(CCC(=O)OCCCCOC(=O)C(CC)CCCC)CCC(=O)OCCCCOC(=O)C(CC)CCCC)CC1)CCC(=O)OCCCCOC(=O)C(CC)CCCC. The predicted molar refractivity (Wildman–Crippen MR) is 449 cm³/mol. The van der Waals surface area contributed by atoms with Crippen LogP contribution in [0.1, 0.15) is 294 Å². The highest BCUT2D eigenvalue weighted by Gasteiger charge is 2.25. The number of unbranched alkanes of at least 4 members (excludes halogenated alkanes) is 10. The Kier molecular flexibility index (Phi) is 70.7. The minimum absolute atomic E-state index is 0.0885. The lowest BCUT2D eigenvalue weighted by atomic mass is 10.00. The van der Waals surface area contributed by atoms with Crippen molar-refractivity contribution in [3.8, 4) is 0 Å². The summed E-state index contributed by atoms with van der Waals surface area (Å²) in [6.45, 7) is 33.2. The van der Waals surface area contributed by atoms with Gasteiger partial charge in [0.2, 0.25) is 0 Å². The Morgan fingerprint density at radius 3 is 0.647 bits per heavy atom. The average molecular weight is 1660 g/mol. The summed E-state index contributed by atoms with van der Waals surface area (Å²) in [6.07, 6.45) is 24.1. The summed E-state index contributed by atoms with van der Waals surface area (Å²) < 4.78 is 68.0. The third kappa shape index (κ3) is 59.2. The quantitative estimate of drug-likeness (QED) is 0.0310. The van der Waals surface area contributed by atoms with E-state index in [1.165, 1.54) is 0 Å². The molecule has 0 spiro atoms. The minimum Gasteiger partial charge on any atom is -0.466 e. The molecule has 1 rings (SSSR count). The van der Waals surface area contributed by atoms with Crippen LogP contribution in [0.25, 0.3) is 0 Å². The van der Waals surface area contributed by atoms with E-state index in [-0.39, 0.29) is 187 Å². The summed E-state index contributed by atoms with van der Waals surface area (Å²) in [5.74, 6) is -3.08. The Morgan fingerprint density at radius 2 is 0.431 bits per heavy atom. The lowest BCUT2D eigenvalue weighted by molar-refractivity contribution is -0.150. The fourth-order valence-corrected chi connectivity index (χ4v) is 13.2. The average Bonchev–Trinajstić information content (AvgIpc) is 0.923. The predicted octanol–water partition coefficient (Wildman–Crippen LogP) is 13.9. The number of nitrogens with zero attached hydrogens (tertiary/aromatic N) is 5. The molecule has 0 N–H and O–H groups in total. The molecule has 0 bridgehead atoms. The van der Waals surface area contributed by atoms with Crippen molar-refractivity contribution in [1.29, 1.82) is 0 Å². The molecule has 1 heterocycles. The van der Waals surface area contributed by atoms with Gasteiger partial charge >= 0.3 is 59.7 Å². The van der Waals surface area contributed by atoms with E-state index in [4.69, 9.17) is 56.8 Å². The van der Waals surface area contributed by atoms with E-state index >= 15 is 0 Å². The van der Waals surface area contributed by atoms with E-state index in [1.54, 1.807) is 0 Å². The first kappa shape index (κ1) is 108. The van der Waals surface area contributed by atoms with Gasteiger partial charge in [-0.1, -0.05) is 133 Å². The van der Waals surface area contributed by atoms with E-state index in [1.807, 2.05) is 44.4 Å². The minimum atomic E-state index is -0.376. The first-order valence-electron chi connectivity index (χ1n) is 45.7. The monoisotopic (exact) mass is 1650 g/mol. The number of esters is 10. The molecule has 0 amide bonds. The van der Waals surface area contributed by atoms with Crippen LogP contribution in [0.5, 0.6) is 0 Å². The molecule has 1 saturated heterocycles. The lowest BCUT2D eigenvalue weighted by Gasteiger charge is -2.35. The Hall–Kier alpha value is -5.58. The topological polar surface area (TPSA) is 298 Å². The van der Waals surface area contributed by atoms with Gasteiger partial charge in [0.15, 0.2) is 0 Å². The third-order valence-electron chi connectivity index (χ3n) is 21.5. The van der Waals surface area contributed by atoms with E-state index in [2.05, 4.69) is 49.3 Å². The Balaban J connectivity index is 3.00. The Morgan fingerprint density at radius 1 is 0.233 bits per heavy atom. The second-order valence-electron chi connectivity index (χ2n) is 30.9. The zero-order valence-corrected chi connectivity index (χ0v) is 74.4. The van der Waals surface area contributed by atoms with Crippen molar-refractivity contribution in [3.63, 3.8) is 0 Å². The molecule has 5 atom stereocenters. The Labute approximate surface area is 700 Å². The molecule has 1 fully saturated rings. The van der Waals surface area contributed by atoms with Crippen LogP contribution in [0, 0.1) is 29.6 Å². The summed E-state index contributed by atoms with van der Waals surface area (Å²) in [5, 5.41) is 0. The van der Waals surface area contributed by atoms with Gasteiger partial charge in [-0.3, -0.25) is 72.4 Å². The lowest BCUT2D eigenvalue weighted by Crippen LogP contribution is -2.49. The molecule has 1 aliphatic rings. The second-order valence-corrected chi connectivity index (χ2v) is 30.9. The highest BCUT2D eigenvalue weighted by atomic mass is 16.6. The van der Waals surface area contributed by atoms with Crippen molar-refractivity contribution in [3.05, 3.63) is 0 Å². The van der Waals surface area contributed by atoms with Crippen LogP contribution in [0.2, 0.25) is 0 Å². The number of carbonyl (C=O) groups is 10. The number of hydrogen-bond donors (Lipinski definition) is 0. The zero-order chi connectivity index (χ0) is 85.3. The van der Waals surface area contributed by atoms with Gasteiger partial charge in [-0.2, -0.15) is 0 Å². The van der Waals surface area contributed by atoms with Crippen LogP contribution >= 0.6 is 0 Å². The molecule has 27 nitrogen and oxygen atoms in total. The van der Waals surface area contributed by atoms with Crippen LogP contribution in [0.15, 0.2) is 0 Å². The van der Waals surface area contributed by atoms with Crippen LogP contribution in [-0.4, -0.2) is 275 Å². The smallest absolute Gasteiger partial charge is 0.308 e. The van der Waals surface area contributed by atoms with Crippen molar-refractivity contribution < 1.29 is 105 Å². The van der Waals surface area contributed by atoms with Crippen molar-refractivity contribution in [2.75, 3.05) is 191 Å². The molecule has 0 saturated carbocycles. The second kappa shape index (κ2) is 75.6. The molecule has 5 unspecified atom stereocenters. The normalized spacial score (nSPS) is 13.9. The maximum atomic E-state index is 13.2. The number of piperazine rings is 1. The molecule has 0 aromatic carbocycles. The molecular formula is C89H163N5O22. The fraction of sp³-hybridized carbons (Fsp3) is 0.888. The molecule has 0 aromatic heterocycles. The van der Waals surface area contributed by atoms with Crippen LogP contribution in [0.4, 0.5) is 0 Å². The maximum Gasteiger partial charge on any atom is 0.308 e. The molecule has 116 heavy (non-hydrogen) atoms. The van der Waals surface area contributed by atoms with Crippen LogP contribution in [-0.2, 0) is 105 Å². The van der Waals surface area contributed by atoms with Crippen molar-refractivity contribution in [2.45, 2.75) is 294 Å². The third-order valence-corrected chi connectivity index (χ3v) is 21.5. The van der Waals surface area contributed by atoms with Gasteiger partial charge in [0.25, 0.3) is 0 Å². The van der Waals surface area contributed by atoms with Gasteiger partial charge < -0.3 is 56.8 Å². The largest absolute Gasteiger partial charge is 0.466 e. The molecule has 0 aromatic rings. The molecular weight excluding hydrogens is 1490 g/mol. The molecule has 1 aliphatic heterocycles. The number of ether oxygens (including phenoxy) is 12. The molecule has 0 aliphatic carbocycles. The number of rotatable bonds is 80. The van der Waals surface area contributed by atoms with Gasteiger partial charge in [-0.15, -0.1) is 0 Å². The zero-order valence-electron chi connectivity index (χ0n) is 74.4. The van der Waals surface area contributed by atoms with E-state index in [0.29, 0.717) is 150 Å². The van der Waals surface area contributed by atoms with Crippen molar-refractivity contribution in [1.82, 2.24) is 24.5 Å². The molecule has 27 heteroatoms.